The van der Waals surface area contributed by atoms with Crippen LogP contribution in [-0.4, -0.2) is 31.6 Å². The SMILES string of the molecule is COc1ccc2c(c1OC)C(=O)O[C@H]2N1CCc2ccccc2C1. The lowest BCUT2D eigenvalue weighted by Gasteiger charge is -2.32. The van der Waals surface area contributed by atoms with Gasteiger partial charge in [-0.3, -0.25) is 4.90 Å². The third-order valence-corrected chi connectivity index (χ3v) is 4.76. The molecule has 124 valence electrons. The third kappa shape index (κ3) is 2.24. The Hall–Kier alpha value is -2.53. The summed E-state index contributed by atoms with van der Waals surface area (Å²) in [5, 5.41) is 0. The number of carbonyl (C=O) groups excluding carboxylic acids is 1. The summed E-state index contributed by atoms with van der Waals surface area (Å²) in [6.07, 6.45) is 0.577. The van der Waals surface area contributed by atoms with E-state index in [0.717, 1.165) is 25.1 Å². The summed E-state index contributed by atoms with van der Waals surface area (Å²) in [5.41, 5.74) is 3.97. The molecule has 24 heavy (non-hydrogen) atoms. The zero-order valence-electron chi connectivity index (χ0n) is 13.7. The second kappa shape index (κ2) is 5.83. The summed E-state index contributed by atoms with van der Waals surface area (Å²) in [6, 6.07) is 12.1. The third-order valence-electron chi connectivity index (χ3n) is 4.76. The molecule has 5 heteroatoms. The van der Waals surface area contributed by atoms with Crippen molar-refractivity contribution < 1.29 is 19.0 Å². The zero-order chi connectivity index (χ0) is 16.7. The molecule has 0 spiro atoms. The van der Waals surface area contributed by atoms with Crippen molar-refractivity contribution in [2.75, 3.05) is 20.8 Å². The number of hydrogen-bond donors (Lipinski definition) is 0. The van der Waals surface area contributed by atoms with E-state index in [1.807, 2.05) is 18.2 Å². The van der Waals surface area contributed by atoms with E-state index in [9.17, 15) is 4.79 Å². The van der Waals surface area contributed by atoms with Crippen molar-refractivity contribution >= 4 is 5.97 Å². The van der Waals surface area contributed by atoms with E-state index < -0.39 is 0 Å². The molecule has 0 bridgehead atoms. The van der Waals surface area contributed by atoms with Crippen LogP contribution in [0.15, 0.2) is 36.4 Å². The average Bonchev–Trinajstić information content (AvgIpc) is 2.97. The maximum absolute atomic E-state index is 12.4. The maximum Gasteiger partial charge on any atom is 0.344 e. The molecule has 0 aliphatic carbocycles. The zero-order valence-corrected chi connectivity index (χ0v) is 13.7. The molecule has 0 aromatic heterocycles. The lowest BCUT2D eigenvalue weighted by Crippen LogP contribution is -2.34. The highest BCUT2D eigenvalue weighted by Gasteiger charge is 2.39. The molecule has 0 fully saturated rings. The van der Waals surface area contributed by atoms with Gasteiger partial charge in [-0.25, -0.2) is 4.79 Å². The second-order valence-electron chi connectivity index (χ2n) is 6.01. The van der Waals surface area contributed by atoms with E-state index in [1.54, 1.807) is 7.11 Å². The molecule has 0 saturated heterocycles. The van der Waals surface area contributed by atoms with Crippen LogP contribution in [0.4, 0.5) is 0 Å². The summed E-state index contributed by atoms with van der Waals surface area (Å²) in [5.74, 6) is 0.627. The van der Waals surface area contributed by atoms with Gasteiger partial charge >= 0.3 is 5.97 Å². The van der Waals surface area contributed by atoms with Crippen LogP contribution in [-0.2, 0) is 17.7 Å². The van der Waals surface area contributed by atoms with Gasteiger partial charge in [0.15, 0.2) is 17.7 Å². The van der Waals surface area contributed by atoms with E-state index in [1.165, 1.54) is 18.2 Å². The summed E-state index contributed by atoms with van der Waals surface area (Å²) in [6.45, 7) is 1.62. The van der Waals surface area contributed by atoms with Gasteiger partial charge in [-0.1, -0.05) is 24.3 Å². The molecule has 0 radical (unpaired) electrons. The number of benzene rings is 2. The normalized spacial score (nSPS) is 19.4. The first-order chi connectivity index (χ1) is 11.7. The number of fused-ring (bicyclic) bond motifs is 2. The van der Waals surface area contributed by atoms with Crippen LogP contribution in [0.5, 0.6) is 11.5 Å². The topological polar surface area (TPSA) is 48.0 Å². The highest BCUT2D eigenvalue weighted by Crippen LogP contribution is 2.43. The highest BCUT2D eigenvalue weighted by atomic mass is 16.6. The van der Waals surface area contributed by atoms with Crippen LogP contribution in [0.3, 0.4) is 0 Å². The van der Waals surface area contributed by atoms with E-state index in [4.69, 9.17) is 14.2 Å². The summed E-state index contributed by atoms with van der Waals surface area (Å²) in [7, 11) is 3.10. The molecule has 2 aliphatic rings. The van der Waals surface area contributed by atoms with E-state index >= 15 is 0 Å². The Balaban J connectivity index is 1.70. The number of hydrogen-bond acceptors (Lipinski definition) is 5. The summed E-state index contributed by atoms with van der Waals surface area (Å²) >= 11 is 0. The van der Waals surface area contributed by atoms with Crippen LogP contribution in [0.2, 0.25) is 0 Å². The summed E-state index contributed by atoms with van der Waals surface area (Å²) < 4.78 is 16.4. The minimum Gasteiger partial charge on any atom is -0.493 e. The predicted molar refractivity (Wildman–Crippen MR) is 88.3 cm³/mol. The number of methoxy groups -OCH3 is 2. The van der Waals surface area contributed by atoms with Crippen molar-refractivity contribution in [3.05, 3.63) is 58.7 Å². The highest BCUT2D eigenvalue weighted by molar-refractivity contribution is 5.98. The molecule has 4 rings (SSSR count). The van der Waals surface area contributed by atoms with Gasteiger partial charge in [0, 0.05) is 18.7 Å². The van der Waals surface area contributed by atoms with Crippen molar-refractivity contribution in [2.24, 2.45) is 0 Å². The molecule has 0 saturated carbocycles. The number of cyclic esters (lactones) is 1. The van der Waals surface area contributed by atoms with Crippen molar-refractivity contribution in [1.82, 2.24) is 4.90 Å². The fourth-order valence-electron chi connectivity index (χ4n) is 3.57. The minimum atomic E-state index is -0.374. The maximum atomic E-state index is 12.4. The quantitative estimate of drug-likeness (QED) is 0.812. The largest absolute Gasteiger partial charge is 0.493 e. The monoisotopic (exact) mass is 325 g/mol. The number of ether oxygens (including phenoxy) is 3. The van der Waals surface area contributed by atoms with E-state index in [2.05, 4.69) is 23.1 Å². The predicted octanol–water partition coefficient (Wildman–Crippen LogP) is 2.93. The van der Waals surface area contributed by atoms with Gasteiger partial charge in [0.25, 0.3) is 0 Å². The van der Waals surface area contributed by atoms with Crippen molar-refractivity contribution in [1.29, 1.82) is 0 Å². The smallest absolute Gasteiger partial charge is 0.344 e. The van der Waals surface area contributed by atoms with Gasteiger partial charge in [0.2, 0.25) is 0 Å². The molecule has 1 atom stereocenters. The molecule has 0 amide bonds. The number of rotatable bonds is 3. The summed E-state index contributed by atoms with van der Waals surface area (Å²) in [4.78, 5) is 14.6. The van der Waals surface area contributed by atoms with Crippen LogP contribution in [0, 0.1) is 0 Å². The Morgan fingerprint density at radius 2 is 1.88 bits per heavy atom. The second-order valence-corrected chi connectivity index (χ2v) is 6.01. The fraction of sp³-hybridized carbons (Fsp3) is 0.316. The average molecular weight is 325 g/mol. The van der Waals surface area contributed by atoms with Gasteiger partial charge < -0.3 is 14.2 Å². The van der Waals surface area contributed by atoms with Crippen LogP contribution in [0.1, 0.15) is 33.3 Å². The Kier molecular flexibility index (Phi) is 3.65. The van der Waals surface area contributed by atoms with Gasteiger partial charge in [0.05, 0.1) is 14.2 Å². The fourth-order valence-corrected chi connectivity index (χ4v) is 3.57. The standard InChI is InChI=1S/C19H19NO4/c1-22-15-8-7-14-16(17(15)23-2)19(21)24-18(14)20-10-9-12-5-3-4-6-13(12)11-20/h3-8,18H,9-11H2,1-2H3/t18-/m1/s1. The Labute approximate surface area is 140 Å². The van der Waals surface area contributed by atoms with Gasteiger partial charge in [-0.05, 0) is 29.7 Å². The van der Waals surface area contributed by atoms with Crippen LogP contribution >= 0.6 is 0 Å². The number of esters is 1. The van der Waals surface area contributed by atoms with Crippen molar-refractivity contribution in [3.63, 3.8) is 0 Å². The van der Waals surface area contributed by atoms with Crippen LogP contribution in [0.25, 0.3) is 0 Å². The van der Waals surface area contributed by atoms with E-state index in [0.29, 0.717) is 17.1 Å². The van der Waals surface area contributed by atoms with Gasteiger partial charge in [0.1, 0.15) is 5.56 Å². The molecule has 0 N–H and O–H groups in total. The Bertz CT molecular complexity index is 802. The van der Waals surface area contributed by atoms with Crippen LogP contribution < -0.4 is 9.47 Å². The number of nitrogens with zero attached hydrogens (tertiary/aromatic N) is 1. The number of carbonyl (C=O) groups is 1. The molecule has 2 aromatic rings. The van der Waals surface area contributed by atoms with Gasteiger partial charge in [-0.2, -0.15) is 0 Å². The van der Waals surface area contributed by atoms with E-state index in [-0.39, 0.29) is 12.2 Å². The Morgan fingerprint density at radius 1 is 1.08 bits per heavy atom. The first kappa shape index (κ1) is 15.0. The Morgan fingerprint density at radius 3 is 2.62 bits per heavy atom. The molecule has 2 heterocycles. The molecular weight excluding hydrogens is 306 g/mol. The minimum absolute atomic E-state index is 0.357. The molecule has 2 aliphatic heterocycles. The van der Waals surface area contributed by atoms with Crippen molar-refractivity contribution in [2.45, 2.75) is 19.2 Å². The first-order valence-electron chi connectivity index (χ1n) is 7.99. The van der Waals surface area contributed by atoms with Crippen molar-refractivity contribution in [3.8, 4) is 11.5 Å². The molecule has 5 nitrogen and oxygen atoms in total. The van der Waals surface area contributed by atoms with Gasteiger partial charge in [-0.15, -0.1) is 0 Å². The molecule has 0 unspecified atom stereocenters. The lowest BCUT2D eigenvalue weighted by molar-refractivity contribution is -0.0291. The first-order valence-corrected chi connectivity index (χ1v) is 7.99. The molecular formula is C19H19NO4. The lowest BCUT2D eigenvalue weighted by atomic mass is 9.98. The molecule has 2 aromatic carbocycles.